The van der Waals surface area contributed by atoms with Crippen LogP contribution < -0.4 is 14.8 Å². The number of furan rings is 1. The molecule has 0 aliphatic rings. The highest BCUT2D eigenvalue weighted by molar-refractivity contribution is 6.05. The molecule has 0 fully saturated rings. The Labute approximate surface area is 138 Å². The Morgan fingerprint density at radius 2 is 1.88 bits per heavy atom. The lowest BCUT2D eigenvalue weighted by molar-refractivity contribution is 0.405. The van der Waals surface area contributed by atoms with E-state index in [4.69, 9.17) is 13.9 Å². The predicted molar refractivity (Wildman–Crippen MR) is 92.1 cm³/mol. The molecule has 0 unspecified atom stereocenters. The molecule has 4 aromatic rings. The van der Waals surface area contributed by atoms with Crippen molar-refractivity contribution in [3.05, 3.63) is 48.8 Å². The van der Waals surface area contributed by atoms with Gasteiger partial charge in [0.15, 0.2) is 11.4 Å². The molecule has 6 nitrogen and oxygen atoms in total. The van der Waals surface area contributed by atoms with Crippen molar-refractivity contribution >= 4 is 33.6 Å². The van der Waals surface area contributed by atoms with E-state index in [9.17, 15) is 0 Å². The average molecular weight is 321 g/mol. The summed E-state index contributed by atoms with van der Waals surface area (Å²) in [6, 6.07) is 13.3. The van der Waals surface area contributed by atoms with Crippen LogP contribution in [0.4, 0.5) is 11.5 Å². The molecule has 0 bridgehead atoms. The van der Waals surface area contributed by atoms with Gasteiger partial charge in [-0.2, -0.15) is 0 Å². The molecular weight excluding hydrogens is 306 g/mol. The summed E-state index contributed by atoms with van der Waals surface area (Å²) in [4.78, 5) is 8.66. The van der Waals surface area contributed by atoms with Gasteiger partial charge in [-0.15, -0.1) is 0 Å². The van der Waals surface area contributed by atoms with Gasteiger partial charge in [-0.25, -0.2) is 9.97 Å². The third-order valence-corrected chi connectivity index (χ3v) is 3.82. The van der Waals surface area contributed by atoms with Crippen molar-refractivity contribution in [2.24, 2.45) is 0 Å². The van der Waals surface area contributed by atoms with E-state index in [1.54, 1.807) is 14.2 Å². The first kappa shape index (κ1) is 14.3. The smallest absolute Gasteiger partial charge is 0.196 e. The van der Waals surface area contributed by atoms with E-state index in [0.717, 1.165) is 22.2 Å². The van der Waals surface area contributed by atoms with Crippen LogP contribution in [0.5, 0.6) is 11.5 Å². The van der Waals surface area contributed by atoms with Gasteiger partial charge < -0.3 is 19.2 Å². The fourth-order valence-corrected chi connectivity index (χ4v) is 2.65. The van der Waals surface area contributed by atoms with Gasteiger partial charge in [0.2, 0.25) is 0 Å². The molecule has 120 valence electrons. The summed E-state index contributed by atoms with van der Waals surface area (Å²) in [7, 11) is 3.23. The molecule has 0 saturated carbocycles. The Bertz CT molecular complexity index is 1030. The van der Waals surface area contributed by atoms with Crippen LogP contribution in [0.1, 0.15) is 0 Å². The van der Waals surface area contributed by atoms with Crippen LogP contribution in [0.25, 0.3) is 22.1 Å². The summed E-state index contributed by atoms with van der Waals surface area (Å²) in [5, 5.41) is 4.21. The standard InChI is InChI=1S/C18H15N3O3/c1-22-11-7-8-15(23-2)13(9-11)21-18-17-16(19-10-20-18)12-5-3-4-6-14(12)24-17/h3-10H,1-2H3,(H,19,20,21). The summed E-state index contributed by atoms with van der Waals surface area (Å²) < 4.78 is 16.6. The molecule has 6 heteroatoms. The third kappa shape index (κ3) is 2.28. The number of anilines is 2. The number of fused-ring (bicyclic) bond motifs is 3. The fraction of sp³-hybridized carbons (Fsp3) is 0.111. The largest absolute Gasteiger partial charge is 0.497 e. The van der Waals surface area contributed by atoms with E-state index in [1.807, 2.05) is 42.5 Å². The second-order valence-electron chi connectivity index (χ2n) is 5.19. The molecule has 2 heterocycles. The van der Waals surface area contributed by atoms with Gasteiger partial charge in [0.1, 0.15) is 28.9 Å². The molecule has 4 rings (SSSR count). The SMILES string of the molecule is COc1ccc(OC)c(Nc2ncnc3c2oc2ccccc23)c1. The first-order chi connectivity index (χ1) is 11.8. The molecular formula is C18H15N3O3. The zero-order valence-electron chi connectivity index (χ0n) is 13.2. The second-order valence-corrected chi connectivity index (χ2v) is 5.19. The summed E-state index contributed by atoms with van der Waals surface area (Å²) >= 11 is 0. The van der Waals surface area contributed by atoms with Crippen molar-refractivity contribution in [2.75, 3.05) is 19.5 Å². The monoisotopic (exact) mass is 321 g/mol. The molecule has 1 N–H and O–H groups in total. The molecule has 2 aromatic carbocycles. The van der Waals surface area contributed by atoms with Crippen LogP contribution in [-0.2, 0) is 0 Å². The molecule has 0 radical (unpaired) electrons. The summed E-state index contributed by atoms with van der Waals surface area (Å²) in [5.41, 5.74) is 2.87. The maximum Gasteiger partial charge on any atom is 0.196 e. The van der Waals surface area contributed by atoms with Gasteiger partial charge >= 0.3 is 0 Å². The maximum absolute atomic E-state index is 5.93. The highest BCUT2D eigenvalue weighted by Crippen LogP contribution is 2.35. The third-order valence-electron chi connectivity index (χ3n) is 3.82. The number of benzene rings is 2. The Morgan fingerprint density at radius 3 is 2.71 bits per heavy atom. The molecule has 24 heavy (non-hydrogen) atoms. The molecule has 0 amide bonds. The van der Waals surface area contributed by atoms with Gasteiger partial charge in [-0.3, -0.25) is 0 Å². The van der Waals surface area contributed by atoms with E-state index in [0.29, 0.717) is 22.9 Å². The summed E-state index contributed by atoms with van der Waals surface area (Å²) in [5.74, 6) is 1.97. The number of hydrogen-bond donors (Lipinski definition) is 1. The van der Waals surface area contributed by atoms with Crippen molar-refractivity contribution in [1.82, 2.24) is 9.97 Å². The van der Waals surface area contributed by atoms with Crippen molar-refractivity contribution in [3.8, 4) is 11.5 Å². The van der Waals surface area contributed by atoms with E-state index < -0.39 is 0 Å². The number of para-hydroxylation sites is 1. The van der Waals surface area contributed by atoms with Crippen LogP contribution in [0, 0.1) is 0 Å². The number of ether oxygens (including phenoxy) is 2. The lowest BCUT2D eigenvalue weighted by Gasteiger charge is -2.12. The van der Waals surface area contributed by atoms with Crippen molar-refractivity contribution < 1.29 is 13.9 Å². The molecule has 0 aliphatic heterocycles. The minimum Gasteiger partial charge on any atom is -0.497 e. The van der Waals surface area contributed by atoms with Crippen LogP contribution >= 0.6 is 0 Å². The minimum absolute atomic E-state index is 0.572. The molecule has 0 atom stereocenters. The van der Waals surface area contributed by atoms with Gasteiger partial charge in [0.05, 0.1) is 19.9 Å². The highest BCUT2D eigenvalue weighted by atomic mass is 16.5. The van der Waals surface area contributed by atoms with Crippen molar-refractivity contribution in [1.29, 1.82) is 0 Å². The second kappa shape index (κ2) is 5.73. The number of nitrogens with zero attached hydrogens (tertiary/aromatic N) is 2. The Hall–Kier alpha value is -3.28. The van der Waals surface area contributed by atoms with Crippen LogP contribution in [0.15, 0.2) is 53.2 Å². The Morgan fingerprint density at radius 1 is 1.00 bits per heavy atom. The van der Waals surface area contributed by atoms with E-state index >= 15 is 0 Å². The van der Waals surface area contributed by atoms with Crippen molar-refractivity contribution in [2.45, 2.75) is 0 Å². The maximum atomic E-state index is 5.93. The molecule has 0 aliphatic carbocycles. The van der Waals surface area contributed by atoms with Gasteiger partial charge in [-0.1, -0.05) is 12.1 Å². The fourth-order valence-electron chi connectivity index (χ4n) is 2.65. The zero-order chi connectivity index (χ0) is 16.5. The normalized spacial score (nSPS) is 10.9. The molecule has 0 saturated heterocycles. The van der Waals surface area contributed by atoms with Crippen molar-refractivity contribution in [3.63, 3.8) is 0 Å². The Balaban J connectivity index is 1.86. The minimum atomic E-state index is 0.572. The number of nitrogens with one attached hydrogen (secondary N) is 1. The zero-order valence-corrected chi connectivity index (χ0v) is 13.2. The topological polar surface area (TPSA) is 69.4 Å². The van der Waals surface area contributed by atoms with E-state index in [-0.39, 0.29) is 0 Å². The van der Waals surface area contributed by atoms with Crippen LogP contribution in [0.3, 0.4) is 0 Å². The molecule has 2 aromatic heterocycles. The quantitative estimate of drug-likeness (QED) is 0.609. The molecule has 0 spiro atoms. The number of methoxy groups -OCH3 is 2. The first-order valence-corrected chi connectivity index (χ1v) is 7.41. The van der Waals surface area contributed by atoms with Crippen LogP contribution in [0.2, 0.25) is 0 Å². The highest BCUT2D eigenvalue weighted by Gasteiger charge is 2.14. The summed E-state index contributed by atoms with van der Waals surface area (Å²) in [6.45, 7) is 0. The average Bonchev–Trinajstić information content (AvgIpc) is 3.01. The van der Waals surface area contributed by atoms with E-state index in [1.165, 1.54) is 6.33 Å². The first-order valence-electron chi connectivity index (χ1n) is 7.41. The Kier molecular flexibility index (Phi) is 3.42. The summed E-state index contributed by atoms with van der Waals surface area (Å²) in [6.07, 6.45) is 1.51. The lowest BCUT2D eigenvalue weighted by atomic mass is 10.2. The van der Waals surface area contributed by atoms with Crippen LogP contribution in [-0.4, -0.2) is 24.2 Å². The number of hydrogen-bond acceptors (Lipinski definition) is 6. The lowest BCUT2D eigenvalue weighted by Crippen LogP contribution is -1.98. The van der Waals surface area contributed by atoms with Gasteiger partial charge in [0.25, 0.3) is 0 Å². The van der Waals surface area contributed by atoms with E-state index in [2.05, 4.69) is 15.3 Å². The predicted octanol–water partition coefficient (Wildman–Crippen LogP) is 4.14. The van der Waals surface area contributed by atoms with Gasteiger partial charge in [0, 0.05) is 11.5 Å². The number of rotatable bonds is 4. The van der Waals surface area contributed by atoms with Gasteiger partial charge in [-0.05, 0) is 24.3 Å². The number of aromatic nitrogens is 2.